The normalized spacial score (nSPS) is 25.3. The molecule has 0 aliphatic carbocycles. The van der Waals surface area contributed by atoms with Crippen LogP contribution in [0.1, 0.15) is 6.42 Å². The number of β-lactam (4-membered cyclic amide) rings is 1. The van der Waals surface area contributed by atoms with Crippen molar-refractivity contribution in [2.24, 2.45) is 0 Å². The predicted octanol–water partition coefficient (Wildman–Crippen LogP) is -4.11. The number of rotatable bonds is 1. The molecule has 58 valence electrons. The molecule has 0 aromatic rings. The van der Waals surface area contributed by atoms with Gasteiger partial charge in [0.2, 0.25) is 5.91 Å². The van der Waals surface area contributed by atoms with Gasteiger partial charge in [0.25, 0.3) is 0 Å². The van der Waals surface area contributed by atoms with Crippen LogP contribution in [0.3, 0.4) is 0 Å². The Morgan fingerprint density at radius 3 is 2.83 bits per heavy atom. The van der Waals surface area contributed by atoms with Gasteiger partial charge in [-0.2, -0.15) is 0 Å². The van der Waals surface area contributed by atoms with Gasteiger partial charge in [0, 0.05) is 0 Å². The molecule has 0 spiro atoms. The summed E-state index contributed by atoms with van der Waals surface area (Å²) in [5, 5.41) is 11.8. The van der Waals surface area contributed by atoms with E-state index in [9.17, 15) is 14.7 Å². The van der Waals surface area contributed by atoms with Crippen molar-refractivity contribution in [2.45, 2.75) is 11.8 Å². The largest absolute Gasteiger partial charge is 1.00 e. The number of thioether (sulfide) groups is 1. The number of hydrogen-bond donors (Lipinski definition) is 0. The van der Waals surface area contributed by atoms with E-state index in [0.717, 1.165) is 0 Å². The Balaban J connectivity index is 0.000000720. The van der Waals surface area contributed by atoms with E-state index in [0.29, 0.717) is 6.42 Å². The second kappa shape index (κ2) is 3.81. The van der Waals surface area contributed by atoms with Crippen molar-refractivity contribution >= 4 is 23.6 Å². The molecule has 6 heteroatoms. The van der Waals surface area contributed by atoms with Crippen LogP contribution in [0.15, 0.2) is 11.1 Å². The number of hydrogen-bond acceptors (Lipinski definition) is 4. The zero-order chi connectivity index (χ0) is 8.01. The van der Waals surface area contributed by atoms with Gasteiger partial charge in [-0.05, 0) is 5.41 Å². The molecule has 2 aliphatic rings. The maximum absolute atomic E-state index is 10.8. The molecule has 0 saturated carbocycles. The van der Waals surface area contributed by atoms with E-state index in [-0.39, 0.29) is 68.4 Å². The van der Waals surface area contributed by atoms with Crippen LogP contribution in [0.4, 0.5) is 0 Å². The number of carboxylic acids is 1. The van der Waals surface area contributed by atoms with Crippen LogP contribution in [-0.2, 0) is 9.59 Å². The zero-order valence-corrected chi connectivity index (χ0v) is 10.4. The van der Waals surface area contributed by atoms with E-state index in [2.05, 4.69) is 0 Å². The number of aliphatic carboxylic acids is 1. The summed E-state index contributed by atoms with van der Waals surface area (Å²) in [6.45, 7) is 0. The molecular formula is C6H4KNO3S. The van der Waals surface area contributed by atoms with Crippen LogP contribution in [0.5, 0.6) is 0 Å². The molecule has 0 aromatic carbocycles. The molecule has 1 atom stereocenters. The minimum Gasteiger partial charge on any atom is -0.543 e. The first-order valence-electron chi connectivity index (χ1n) is 3.09. The van der Waals surface area contributed by atoms with Gasteiger partial charge in [0.05, 0.1) is 23.5 Å². The van der Waals surface area contributed by atoms with Gasteiger partial charge < -0.3 is 9.90 Å². The Labute approximate surface area is 116 Å². The van der Waals surface area contributed by atoms with Crippen molar-refractivity contribution in [1.82, 2.24) is 4.90 Å². The molecule has 2 rings (SSSR count). The van der Waals surface area contributed by atoms with Gasteiger partial charge in [-0.15, -0.1) is 11.8 Å². The van der Waals surface area contributed by atoms with Gasteiger partial charge in [-0.25, -0.2) is 0 Å². The number of nitrogens with zero attached hydrogens (tertiary/aromatic N) is 1. The fourth-order valence-corrected chi connectivity index (χ4v) is 2.22. The molecule has 2 aliphatic heterocycles. The van der Waals surface area contributed by atoms with Gasteiger partial charge >= 0.3 is 51.4 Å². The molecule has 1 amide bonds. The summed E-state index contributed by atoms with van der Waals surface area (Å²) in [6, 6.07) is 0. The fourth-order valence-electron chi connectivity index (χ4n) is 1.13. The maximum atomic E-state index is 10.8. The Kier molecular flexibility index (Phi) is 3.41. The second-order valence-electron chi connectivity index (χ2n) is 2.35. The first-order chi connectivity index (χ1) is 5.20. The average molecular weight is 209 g/mol. The summed E-state index contributed by atoms with van der Waals surface area (Å²) in [6.07, 6.45) is 0.442. The molecule has 1 unspecified atom stereocenters. The number of carbonyl (C=O) groups is 2. The molecule has 1 saturated heterocycles. The van der Waals surface area contributed by atoms with Crippen molar-refractivity contribution in [3.8, 4) is 0 Å². The fraction of sp³-hybridized carbons (Fsp3) is 0.333. The van der Waals surface area contributed by atoms with Crippen molar-refractivity contribution in [1.29, 1.82) is 0 Å². The Hall–Kier alpha value is 0.666. The third kappa shape index (κ3) is 1.51. The van der Waals surface area contributed by atoms with E-state index < -0.39 is 5.97 Å². The third-order valence-electron chi connectivity index (χ3n) is 1.71. The molecule has 0 bridgehead atoms. The SMILES string of the molecule is O=C([O-])C1=CSC2CC(=O)N12.[K+]. The number of carboxylic acid groups (broad SMARTS) is 1. The van der Waals surface area contributed by atoms with Gasteiger partial charge in [0.1, 0.15) is 0 Å². The van der Waals surface area contributed by atoms with Crippen molar-refractivity contribution in [2.75, 3.05) is 0 Å². The first kappa shape index (κ1) is 10.7. The third-order valence-corrected chi connectivity index (χ3v) is 2.76. The van der Waals surface area contributed by atoms with Crippen molar-refractivity contribution in [3.05, 3.63) is 11.1 Å². The van der Waals surface area contributed by atoms with Gasteiger partial charge in [-0.3, -0.25) is 9.69 Å². The minimum absolute atomic E-state index is 0. The summed E-state index contributed by atoms with van der Waals surface area (Å²) >= 11 is 1.35. The van der Waals surface area contributed by atoms with Crippen LogP contribution < -0.4 is 56.5 Å². The van der Waals surface area contributed by atoms with Gasteiger partial charge in [0.15, 0.2) is 0 Å². The molecule has 4 nitrogen and oxygen atoms in total. The second-order valence-corrected chi connectivity index (χ2v) is 3.40. The Morgan fingerprint density at radius 2 is 2.42 bits per heavy atom. The summed E-state index contributed by atoms with van der Waals surface area (Å²) in [5.74, 6) is -1.40. The van der Waals surface area contributed by atoms with Crippen LogP contribution in [-0.4, -0.2) is 22.2 Å². The predicted molar refractivity (Wildman–Crippen MR) is 35.9 cm³/mol. The quantitative estimate of drug-likeness (QED) is 0.325. The number of amides is 1. The van der Waals surface area contributed by atoms with Crippen LogP contribution in [0, 0.1) is 0 Å². The standard InChI is InChI=1S/C6H5NO3S.K/c8-4-1-5-7(4)3(2-11-5)6(9)10;/h2,5H,1H2,(H,9,10);/q;+1/p-1. The van der Waals surface area contributed by atoms with Crippen LogP contribution >= 0.6 is 11.8 Å². The van der Waals surface area contributed by atoms with Crippen LogP contribution in [0.2, 0.25) is 0 Å². The molecule has 0 aromatic heterocycles. The summed E-state index contributed by atoms with van der Waals surface area (Å²) < 4.78 is 0. The summed E-state index contributed by atoms with van der Waals surface area (Å²) in [5.41, 5.74) is 0.0104. The first-order valence-corrected chi connectivity index (χ1v) is 4.03. The zero-order valence-electron chi connectivity index (χ0n) is 6.44. The summed E-state index contributed by atoms with van der Waals surface area (Å²) in [4.78, 5) is 22.4. The smallest absolute Gasteiger partial charge is 0.543 e. The molecule has 2 heterocycles. The van der Waals surface area contributed by atoms with Crippen LogP contribution in [0.25, 0.3) is 0 Å². The Morgan fingerprint density at radius 1 is 1.75 bits per heavy atom. The average Bonchev–Trinajstić information content (AvgIpc) is 2.25. The van der Waals surface area contributed by atoms with E-state index in [4.69, 9.17) is 0 Å². The van der Waals surface area contributed by atoms with E-state index in [1.54, 1.807) is 0 Å². The molecule has 12 heavy (non-hydrogen) atoms. The van der Waals surface area contributed by atoms with E-state index in [1.807, 2.05) is 0 Å². The molecule has 0 radical (unpaired) electrons. The molecule has 1 fully saturated rings. The number of carbonyl (C=O) groups excluding carboxylic acids is 2. The van der Waals surface area contributed by atoms with Gasteiger partial charge in [-0.1, -0.05) is 0 Å². The molecular weight excluding hydrogens is 205 g/mol. The van der Waals surface area contributed by atoms with Crippen molar-refractivity contribution < 1.29 is 66.1 Å². The monoisotopic (exact) mass is 209 g/mol. The van der Waals surface area contributed by atoms with E-state index in [1.165, 1.54) is 22.1 Å². The minimum atomic E-state index is -1.27. The Bertz CT molecular complexity index is 278. The van der Waals surface area contributed by atoms with E-state index >= 15 is 0 Å². The molecule has 0 N–H and O–H groups in total. The van der Waals surface area contributed by atoms with Crippen molar-refractivity contribution in [3.63, 3.8) is 0 Å². The number of fused-ring (bicyclic) bond motifs is 1. The summed E-state index contributed by atoms with van der Waals surface area (Å²) in [7, 11) is 0. The maximum Gasteiger partial charge on any atom is 1.00 e. The topological polar surface area (TPSA) is 60.4 Å².